The SMILES string of the molecule is Cc1ccccc1Oc1ncccc1CNC(=O)C1CCC(O)CC1. The first-order valence-electron chi connectivity index (χ1n) is 8.76. The van der Waals surface area contributed by atoms with Crippen molar-refractivity contribution in [2.24, 2.45) is 5.92 Å². The minimum atomic E-state index is -0.253. The third-order valence-electron chi connectivity index (χ3n) is 4.67. The lowest BCUT2D eigenvalue weighted by Crippen LogP contribution is -2.33. The largest absolute Gasteiger partial charge is 0.438 e. The Kier molecular flexibility index (Phi) is 5.66. The molecule has 0 unspecified atom stereocenters. The normalized spacial score (nSPS) is 20.1. The Morgan fingerprint density at radius 1 is 1.20 bits per heavy atom. The molecule has 1 heterocycles. The molecule has 1 fully saturated rings. The Labute approximate surface area is 148 Å². The van der Waals surface area contributed by atoms with Crippen LogP contribution in [0.25, 0.3) is 0 Å². The molecule has 25 heavy (non-hydrogen) atoms. The number of aromatic nitrogens is 1. The number of amides is 1. The number of hydrogen-bond acceptors (Lipinski definition) is 4. The van der Waals surface area contributed by atoms with E-state index in [9.17, 15) is 9.90 Å². The van der Waals surface area contributed by atoms with Crippen molar-refractivity contribution in [3.8, 4) is 11.6 Å². The summed E-state index contributed by atoms with van der Waals surface area (Å²) in [5, 5.41) is 12.5. The summed E-state index contributed by atoms with van der Waals surface area (Å²) in [5.41, 5.74) is 1.87. The Balaban J connectivity index is 1.63. The summed E-state index contributed by atoms with van der Waals surface area (Å²) in [6.45, 7) is 2.37. The minimum absolute atomic E-state index is 0.0131. The number of carbonyl (C=O) groups excluding carboxylic acids is 1. The van der Waals surface area contributed by atoms with E-state index in [1.807, 2.05) is 43.3 Å². The quantitative estimate of drug-likeness (QED) is 0.875. The molecule has 5 heteroatoms. The lowest BCUT2D eigenvalue weighted by atomic mass is 9.87. The number of aliphatic hydroxyl groups excluding tert-OH is 1. The fourth-order valence-corrected chi connectivity index (χ4v) is 3.09. The van der Waals surface area contributed by atoms with E-state index in [0.29, 0.717) is 25.3 Å². The predicted molar refractivity (Wildman–Crippen MR) is 95.3 cm³/mol. The number of hydrogen-bond donors (Lipinski definition) is 2. The first-order valence-corrected chi connectivity index (χ1v) is 8.76. The first-order chi connectivity index (χ1) is 12.1. The van der Waals surface area contributed by atoms with Gasteiger partial charge in [-0.2, -0.15) is 0 Å². The van der Waals surface area contributed by atoms with Crippen LogP contribution in [0.3, 0.4) is 0 Å². The molecule has 0 bridgehead atoms. The van der Waals surface area contributed by atoms with Gasteiger partial charge < -0.3 is 15.2 Å². The fourth-order valence-electron chi connectivity index (χ4n) is 3.09. The van der Waals surface area contributed by atoms with Gasteiger partial charge in [0.15, 0.2) is 0 Å². The molecule has 1 aliphatic rings. The molecule has 1 aromatic heterocycles. The average molecular weight is 340 g/mol. The van der Waals surface area contributed by atoms with E-state index >= 15 is 0 Å². The fraction of sp³-hybridized carbons (Fsp3) is 0.400. The number of benzene rings is 1. The molecule has 2 N–H and O–H groups in total. The van der Waals surface area contributed by atoms with Crippen LogP contribution in [0.5, 0.6) is 11.6 Å². The van der Waals surface area contributed by atoms with Gasteiger partial charge in [-0.05, 0) is 50.3 Å². The summed E-state index contributed by atoms with van der Waals surface area (Å²) in [6.07, 6.45) is 4.32. The van der Waals surface area contributed by atoms with Crippen molar-refractivity contribution in [2.45, 2.75) is 45.3 Å². The molecule has 1 aliphatic carbocycles. The number of aryl methyl sites for hydroxylation is 1. The summed E-state index contributed by atoms with van der Waals surface area (Å²) in [4.78, 5) is 16.7. The molecule has 132 valence electrons. The second-order valence-corrected chi connectivity index (χ2v) is 6.56. The topological polar surface area (TPSA) is 71.5 Å². The van der Waals surface area contributed by atoms with E-state index in [1.165, 1.54) is 0 Å². The van der Waals surface area contributed by atoms with Crippen LogP contribution in [-0.4, -0.2) is 22.1 Å². The van der Waals surface area contributed by atoms with Crippen molar-refractivity contribution < 1.29 is 14.6 Å². The number of pyridine rings is 1. The van der Waals surface area contributed by atoms with Crippen LogP contribution >= 0.6 is 0 Å². The van der Waals surface area contributed by atoms with Crippen molar-refractivity contribution >= 4 is 5.91 Å². The molecule has 1 saturated carbocycles. The zero-order chi connectivity index (χ0) is 17.6. The lowest BCUT2D eigenvalue weighted by molar-refractivity contribution is -0.126. The highest BCUT2D eigenvalue weighted by molar-refractivity contribution is 5.78. The summed E-state index contributed by atoms with van der Waals surface area (Å²) in [6, 6.07) is 11.5. The van der Waals surface area contributed by atoms with Crippen molar-refractivity contribution in [1.29, 1.82) is 0 Å². The summed E-state index contributed by atoms with van der Waals surface area (Å²) in [7, 11) is 0. The molecule has 0 spiro atoms. The van der Waals surface area contributed by atoms with Crippen LogP contribution in [0, 0.1) is 12.8 Å². The maximum absolute atomic E-state index is 12.3. The molecule has 2 aromatic rings. The molecule has 3 rings (SSSR count). The second-order valence-electron chi connectivity index (χ2n) is 6.56. The smallest absolute Gasteiger partial charge is 0.224 e. The number of para-hydroxylation sites is 1. The molecule has 5 nitrogen and oxygen atoms in total. The molecule has 0 saturated heterocycles. The lowest BCUT2D eigenvalue weighted by Gasteiger charge is -2.24. The van der Waals surface area contributed by atoms with Gasteiger partial charge in [0.1, 0.15) is 5.75 Å². The second kappa shape index (κ2) is 8.12. The average Bonchev–Trinajstić information content (AvgIpc) is 2.63. The summed E-state index contributed by atoms with van der Waals surface area (Å²) in [5.74, 6) is 1.30. The van der Waals surface area contributed by atoms with Gasteiger partial charge in [-0.3, -0.25) is 4.79 Å². The molecule has 1 amide bonds. The van der Waals surface area contributed by atoms with Crippen LogP contribution in [0.2, 0.25) is 0 Å². The van der Waals surface area contributed by atoms with E-state index in [0.717, 1.165) is 29.7 Å². The van der Waals surface area contributed by atoms with Crippen LogP contribution < -0.4 is 10.1 Å². The van der Waals surface area contributed by atoms with Gasteiger partial charge in [-0.1, -0.05) is 24.3 Å². The van der Waals surface area contributed by atoms with Crippen molar-refractivity contribution in [2.75, 3.05) is 0 Å². The molecular weight excluding hydrogens is 316 g/mol. The number of nitrogens with one attached hydrogen (secondary N) is 1. The molecule has 0 aliphatic heterocycles. The third-order valence-corrected chi connectivity index (χ3v) is 4.67. The number of ether oxygens (including phenoxy) is 1. The molecule has 1 aromatic carbocycles. The van der Waals surface area contributed by atoms with E-state index < -0.39 is 0 Å². The molecule has 0 atom stereocenters. The highest BCUT2D eigenvalue weighted by Gasteiger charge is 2.25. The van der Waals surface area contributed by atoms with Gasteiger partial charge in [-0.25, -0.2) is 4.98 Å². The predicted octanol–water partition coefficient (Wildman–Crippen LogP) is 3.35. The van der Waals surface area contributed by atoms with Gasteiger partial charge >= 0.3 is 0 Å². The van der Waals surface area contributed by atoms with Crippen molar-refractivity contribution in [3.63, 3.8) is 0 Å². The van der Waals surface area contributed by atoms with E-state index in [2.05, 4.69) is 10.3 Å². The number of rotatable bonds is 5. The zero-order valence-corrected chi connectivity index (χ0v) is 14.4. The maximum atomic E-state index is 12.3. The van der Waals surface area contributed by atoms with Crippen molar-refractivity contribution in [1.82, 2.24) is 10.3 Å². The zero-order valence-electron chi connectivity index (χ0n) is 14.4. The van der Waals surface area contributed by atoms with Crippen LogP contribution in [-0.2, 0) is 11.3 Å². The highest BCUT2D eigenvalue weighted by Crippen LogP contribution is 2.27. The summed E-state index contributed by atoms with van der Waals surface area (Å²) < 4.78 is 5.94. The first kappa shape index (κ1) is 17.4. The Morgan fingerprint density at radius 3 is 2.72 bits per heavy atom. The van der Waals surface area contributed by atoms with Gasteiger partial charge in [0.25, 0.3) is 0 Å². The van der Waals surface area contributed by atoms with E-state index in [4.69, 9.17) is 4.74 Å². The van der Waals surface area contributed by atoms with Gasteiger partial charge in [0, 0.05) is 24.2 Å². The van der Waals surface area contributed by atoms with Gasteiger partial charge in [0.2, 0.25) is 11.8 Å². The standard InChI is InChI=1S/C20H24N2O3/c1-14-5-2-3-7-18(14)25-20-16(6-4-12-21-20)13-22-19(24)15-8-10-17(23)11-9-15/h2-7,12,15,17,23H,8-11,13H2,1H3,(H,22,24). The minimum Gasteiger partial charge on any atom is -0.438 e. The monoisotopic (exact) mass is 340 g/mol. The number of nitrogens with zero attached hydrogens (tertiary/aromatic N) is 1. The third kappa shape index (κ3) is 4.57. The number of carbonyl (C=O) groups is 1. The maximum Gasteiger partial charge on any atom is 0.224 e. The highest BCUT2D eigenvalue weighted by atomic mass is 16.5. The molecular formula is C20H24N2O3. The molecule has 0 radical (unpaired) electrons. The summed E-state index contributed by atoms with van der Waals surface area (Å²) >= 11 is 0. The Morgan fingerprint density at radius 2 is 1.96 bits per heavy atom. The van der Waals surface area contributed by atoms with Gasteiger partial charge in [0.05, 0.1) is 6.10 Å². The van der Waals surface area contributed by atoms with Crippen LogP contribution in [0.4, 0.5) is 0 Å². The van der Waals surface area contributed by atoms with Crippen LogP contribution in [0.15, 0.2) is 42.6 Å². The Hall–Kier alpha value is -2.40. The van der Waals surface area contributed by atoms with Crippen molar-refractivity contribution in [3.05, 3.63) is 53.7 Å². The van der Waals surface area contributed by atoms with Crippen LogP contribution in [0.1, 0.15) is 36.8 Å². The van der Waals surface area contributed by atoms with E-state index in [1.54, 1.807) is 6.20 Å². The Bertz CT molecular complexity index is 724. The van der Waals surface area contributed by atoms with Gasteiger partial charge in [-0.15, -0.1) is 0 Å². The number of aliphatic hydroxyl groups is 1. The van der Waals surface area contributed by atoms with E-state index in [-0.39, 0.29) is 17.9 Å².